The molecule has 1 aromatic heterocycles. The van der Waals surface area contributed by atoms with Gasteiger partial charge in [-0.2, -0.15) is 5.10 Å². The molecular formula is C17H16N4. The van der Waals surface area contributed by atoms with Gasteiger partial charge in [0, 0.05) is 0 Å². The van der Waals surface area contributed by atoms with E-state index in [1.165, 1.54) is 0 Å². The molecule has 0 fully saturated rings. The van der Waals surface area contributed by atoms with Gasteiger partial charge in [-0.15, -0.1) is 0 Å². The smallest absolute Gasteiger partial charge is 0.222 e. The third-order valence-electron chi connectivity index (χ3n) is 3.04. The van der Waals surface area contributed by atoms with Crippen LogP contribution in [0.15, 0.2) is 65.8 Å². The quantitative estimate of drug-likeness (QED) is 0.557. The fraction of sp³-hybridized carbons (Fsp3) is 0.0588. The van der Waals surface area contributed by atoms with E-state index >= 15 is 0 Å². The van der Waals surface area contributed by atoms with Gasteiger partial charge in [0.25, 0.3) is 0 Å². The van der Waals surface area contributed by atoms with E-state index in [2.05, 4.69) is 32.6 Å². The standard InChI is InChI=1S/C17H16N4/c1-13(11-12-14-7-3-2-4-8-14)20-21-17-18-15-9-5-6-10-16(15)19-17/h2-12H,1H3,(H2,18,19,21)/b12-11+,20-13?. The zero-order valence-electron chi connectivity index (χ0n) is 11.7. The van der Waals surface area contributed by atoms with Crippen LogP contribution in [-0.4, -0.2) is 15.7 Å². The minimum atomic E-state index is 0.642. The van der Waals surface area contributed by atoms with Gasteiger partial charge in [-0.1, -0.05) is 48.5 Å². The number of hydrogen-bond donors (Lipinski definition) is 2. The minimum absolute atomic E-state index is 0.642. The maximum atomic E-state index is 4.41. The normalized spacial score (nSPS) is 12.1. The van der Waals surface area contributed by atoms with Gasteiger partial charge in [-0.3, -0.25) is 0 Å². The van der Waals surface area contributed by atoms with Crippen LogP contribution in [0, 0.1) is 0 Å². The van der Waals surface area contributed by atoms with Gasteiger partial charge in [-0.25, -0.2) is 10.4 Å². The van der Waals surface area contributed by atoms with Crippen molar-refractivity contribution >= 4 is 28.8 Å². The number of H-pyrrole nitrogens is 1. The number of imidazole rings is 1. The monoisotopic (exact) mass is 276 g/mol. The van der Waals surface area contributed by atoms with Crippen LogP contribution in [-0.2, 0) is 0 Å². The number of hydrogen-bond acceptors (Lipinski definition) is 3. The Morgan fingerprint density at radius 3 is 2.67 bits per heavy atom. The molecule has 0 atom stereocenters. The van der Waals surface area contributed by atoms with Gasteiger partial charge in [0.2, 0.25) is 5.95 Å². The van der Waals surface area contributed by atoms with Gasteiger partial charge >= 0.3 is 0 Å². The second-order valence-corrected chi connectivity index (χ2v) is 4.71. The van der Waals surface area contributed by atoms with Gasteiger partial charge in [0.05, 0.1) is 16.7 Å². The molecular weight excluding hydrogens is 260 g/mol. The summed E-state index contributed by atoms with van der Waals surface area (Å²) >= 11 is 0. The number of aromatic nitrogens is 2. The van der Waals surface area contributed by atoms with Crippen LogP contribution >= 0.6 is 0 Å². The molecule has 3 rings (SSSR count). The van der Waals surface area contributed by atoms with Gasteiger partial charge in [0.1, 0.15) is 0 Å². The van der Waals surface area contributed by atoms with Gasteiger partial charge in [-0.05, 0) is 30.7 Å². The number of aromatic amines is 1. The molecule has 21 heavy (non-hydrogen) atoms. The molecule has 0 aliphatic rings. The number of fused-ring (bicyclic) bond motifs is 1. The van der Waals surface area contributed by atoms with Crippen molar-refractivity contribution in [3.63, 3.8) is 0 Å². The van der Waals surface area contributed by atoms with E-state index in [0.717, 1.165) is 22.3 Å². The van der Waals surface area contributed by atoms with Crippen molar-refractivity contribution in [3.8, 4) is 0 Å². The van der Waals surface area contributed by atoms with Crippen molar-refractivity contribution in [1.82, 2.24) is 9.97 Å². The lowest BCUT2D eigenvalue weighted by Gasteiger charge is -1.96. The predicted molar refractivity (Wildman–Crippen MR) is 88.3 cm³/mol. The predicted octanol–water partition coefficient (Wildman–Crippen LogP) is 4.06. The molecule has 0 saturated heterocycles. The van der Waals surface area contributed by atoms with E-state index in [4.69, 9.17) is 0 Å². The number of benzene rings is 2. The second kappa shape index (κ2) is 6.05. The summed E-state index contributed by atoms with van der Waals surface area (Å²) < 4.78 is 0. The Labute approximate surface area is 123 Å². The highest BCUT2D eigenvalue weighted by atomic mass is 15.4. The van der Waals surface area contributed by atoms with Crippen molar-refractivity contribution < 1.29 is 0 Å². The van der Waals surface area contributed by atoms with Crippen molar-refractivity contribution in [3.05, 3.63) is 66.2 Å². The first kappa shape index (κ1) is 13.1. The first-order chi connectivity index (χ1) is 10.3. The number of rotatable bonds is 4. The molecule has 2 aromatic carbocycles. The highest BCUT2D eigenvalue weighted by molar-refractivity contribution is 5.96. The highest BCUT2D eigenvalue weighted by Crippen LogP contribution is 2.13. The van der Waals surface area contributed by atoms with Crippen molar-refractivity contribution in [2.75, 3.05) is 5.43 Å². The maximum absolute atomic E-state index is 4.41. The average molecular weight is 276 g/mol. The molecule has 2 N–H and O–H groups in total. The number of para-hydroxylation sites is 2. The molecule has 0 radical (unpaired) electrons. The molecule has 4 heteroatoms. The summed E-state index contributed by atoms with van der Waals surface area (Å²) in [5.41, 5.74) is 6.88. The Morgan fingerprint density at radius 2 is 1.86 bits per heavy atom. The van der Waals surface area contributed by atoms with Crippen molar-refractivity contribution in [1.29, 1.82) is 0 Å². The molecule has 4 nitrogen and oxygen atoms in total. The average Bonchev–Trinajstić information content (AvgIpc) is 2.95. The Kier molecular flexibility index (Phi) is 3.78. The summed E-state index contributed by atoms with van der Waals surface area (Å²) in [6.07, 6.45) is 3.99. The van der Waals surface area contributed by atoms with Crippen LogP contribution in [0.1, 0.15) is 12.5 Å². The Hall–Kier alpha value is -2.88. The molecule has 0 amide bonds. The van der Waals surface area contributed by atoms with Crippen LogP contribution in [0.3, 0.4) is 0 Å². The lowest BCUT2D eigenvalue weighted by molar-refractivity contribution is 1.21. The van der Waals surface area contributed by atoms with E-state index < -0.39 is 0 Å². The van der Waals surface area contributed by atoms with Crippen LogP contribution in [0.25, 0.3) is 17.1 Å². The Morgan fingerprint density at radius 1 is 1.10 bits per heavy atom. The summed E-state index contributed by atoms with van der Waals surface area (Å²) in [5.74, 6) is 0.642. The maximum Gasteiger partial charge on any atom is 0.222 e. The number of nitrogens with zero attached hydrogens (tertiary/aromatic N) is 2. The Bertz CT molecular complexity index is 752. The third-order valence-corrected chi connectivity index (χ3v) is 3.04. The van der Waals surface area contributed by atoms with E-state index in [1.807, 2.05) is 61.5 Å². The number of allylic oxidation sites excluding steroid dienone is 1. The van der Waals surface area contributed by atoms with E-state index in [1.54, 1.807) is 0 Å². The van der Waals surface area contributed by atoms with Gasteiger partial charge < -0.3 is 4.98 Å². The molecule has 0 bridgehead atoms. The summed E-state index contributed by atoms with van der Waals surface area (Å²) in [4.78, 5) is 7.58. The molecule has 3 aromatic rings. The minimum Gasteiger partial charge on any atom is -0.323 e. The van der Waals surface area contributed by atoms with Gasteiger partial charge in [0.15, 0.2) is 0 Å². The lowest BCUT2D eigenvalue weighted by Crippen LogP contribution is -1.95. The molecule has 0 saturated carbocycles. The van der Waals surface area contributed by atoms with Crippen LogP contribution in [0.4, 0.5) is 5.95 Å². The molecule has 0 spiro atoms. The zero-order chi connectivity index (χ0) is 14.5. The summed E-state index contributed by atoms with van der Waals surface area (Å²) in [5, 5.41) is 4.29. The molecule has 0 aliphatic heterocycles. The van der Waals surface area contributed by atoms with Crippen LogP contribution in [0.2, 0.25) is 0 Å². The summed E-state index contributed by atoms with van der Waals surface area (Å²) in [6.45, 7) is 1.94. The molecule has 104 valence electrons. The van der Waals surface area contributed by atoms with E-state index in [-0.39, 0.29) is 0 Å². The van der Waals surface area contributed by atoms with Crippen LogP contribution in [0.5, 0.6) is 0 Å². The van der Waals surface area contributed by atoms with Crippen molar-refractivity contribution in [2.45, 2.75) is 6.92 Å². The topological polar surface area (TPSA) is 53.1 Å². The van der Waals surface area contributed by atoms with Crippen LogP contribution < -0.4 is 5.43 Å². The first-order valence-corrected chi connectivity index (χ1v) is 6.79. The lowest BCUT2D eigenvalue weighted by atomic mass is 10.2. The SMILES string of the molecule is CC(/C=C/c1ccccc1)=NNc1nc2ccccc2[nH]1. The third kappa shape index (κ3) is 3.36. The largest absolute Gasteiger partial charge is 0.323 e. The zero-order valence-corrected chi connectivity index (χ0v) is 11.7. The number of nitrogens with one attached hydrogen (secondary N) is 2. The second-order valence-electron chi connectivity index (χ2n) is 4.71. The fourth-order valence-electron chi connectivity index (χ4n) is 1.97. The summed E-state index contributed by atoms with van der Waals surface area (Å²) in [6, 6.07) is 18.0. The highest BCUT2D eigenvalue weighted by Gasteiger charge is 1.99. The van der Waals surface area contributed by atoms with E-state index in [0.29, 0.717) is 5.95 Å². The Balaban J connectivity index is 1.69. The first-order valence-electron chi connectivity index (χ1n) is 6.79. The van der Waals surface area contributed by atoms with Crippen molar-refractivity contribution in [2.24, 2.45) is 5.10 Å². The molecule has 0 unspecified atom stereocenters. The fourth-order valence-corrected chi connectivity index (χ4v) is 1.97. The number of hydrazone groups is 1. The molecule has 0 aliphatic carbocycles. The summed E-state index contributed by atoms with van der Waals surface area (Å²) in [7, 11) is 0. The molecule has 1 heterocycles. The number of anilines is 1. The van der Waals surface area contributed by atoms with E-state index in [9.17, 15) is 0 Å².